The fourth-order valence-electron chi connectivity index (χ4n) is 1.52. The Morgan fingerprint density at radius 3 is 3.08 bits per heavy atom. The summed E-state index contributed by atoms with van der Waals surface area (Å²) in [5.74, 6) is 0.593. The number of nitrogens with two attached hydrogens (primary N) is 1. The lowest BCUT2D eigenvalue weighted by Crippen LogP contribution is -2.00. The molecular weight excluding hydrogens is 150 g/mol. The summed E-state index contributed by atoms with van der Waals surface area (Å²) in [6, 6.07) is 0.393. The lowest BCUT2D eigenvalue weighted by Gasteiger charge is -1.94. The van der Waals surface area contributed by atoms with Crippen LogP contribution < -0.4 is 5.73 Å². The van der Waals surface area contributed by atoms with Gasteiger partial charge in [0.25, 0.3) is 0 Å². The fraction of sp³-hybridized carbons (Fsp3) is 0.667. The monoisotopic (exact) mass is 165 g/mol. The minimum Gasteiger partial charge on any atom is -0.327 e. The van der Waals surface area contributed by atoms with Crippen LogP contribution in [0.25, 0.3) is 0 Å². The van der Waals surface area contributed by atoms with Crippen molar-refractivity contribution in [2.75, 3.05) is 0 Å². The van der Waals surface area contributed by atoms with E-state index in [1.54, 1.807) is 0 Å². The molecular formula is C9H15N3. The summed E-state index contributed by atoms with van der Waals surface area (Å²) in [6.07, 6.45) is 6.35. The normalized spacial score (nSPS) is 27.5. The number of nitrogens with zero attached hydrogens (tertiary/aromatic N) is 2. The Morgan fingerprint density at radius 2 is 2.50 bits per heavy atom. The molecule has 2 atom stereocenters. The molecule has 2 N–H and O–H groups in total. The van der Waals surface area contributed by atoms with E-state index >= 15 is 0 Å². The van der Waals surface area contributed by atoms with Crippen molar-refractivity contribution in [2.24, 2.45) is 5.73 Å². The van der Waals surface area contributed by atoms with E-state index in [-0.39, 0.29) is 0 Å². The number of rotatable bonds is 3. The van der Waals surface area contributed by atoms with Crippen molar-refractivity contribution in [1.29, 1.82) is 0 Å². The highest BCUT2D eigenvalue weighted by molar-refractivity contribution is 5.22. The van der Waals surface area contributed by atoms with Crippen molar-refractivity contribution in [1.82, 2.24) is 9.78 Å². The second-order valence-electron chi connectivity index (χ2n) is 3.54. The third-order valence-electron chi connectivity index (χ3n) is 2.37. The molecule has 0 aliphatic heterocycles. The zero-order valence-corrected chi connectivity index (χ0v) is 7.40. The summed E-state index contributed by atoms with van der Waals surface area (Å²) in [5.41, 5.74) is 7.06. The molecule has 12 heavy (non-hydrogen) atoms. The van der Waals surface area contributed by atoms with E-state index in [1.807, 2.05) is 10.9 Å². The highest BCUT2D eigenvalue weighted by Gasteiger charge is 2.35. The smallest absolute Gasteiger partial charge is 0.0525 e. The Kier molecular flexibility index (Phi) is 1.89. The highest BCUT2D eigenvalue weighted by atomic mass is 15.3. The summed E-state index contributed by atoms with van der Waals surface area (Å²) in [4.78, 5) is 0. The van der Waals surface area contributed by atoms with Crippen LogP contribution in [0.5, 0.6) is 0 Å². The van der Waals surface area contributed by atoms with Crippen LogP contribution in [0.2, 0.25) is 0 Å². The van der Waals surface area contributed by atoms with Gasteiger partial charge in [-0.1, -0.05) is 6.92 Å². The van der Waals surface area contributed by atoms with Crippen LogP contribution in [0.3, 0.4) is 0 Å². The fourth-order valence-corrected chi connectivity index (χ4v) is 1.52. The Balaban J connectivity index is 2.04. The van der Waals surface area contributed by atoms with Crippen LogP contribution >= 0.6 is 0 Å². The summed E-state index contributed by atoms with van der Waals surface area (Å²) >= 11 is 0. The first-order chi connectivity index (χ1) is 5.81. The molecule has 3 heteroatoms. The van der Waals surface area contributed by atoms with E-state index in [9.17, 15) is 0 Å². The summed E-state index contributed by atoms with van der Waals surface area (Å²) in [7, 11) is 0. The molecule has 1 fully saturated rings. The molecule has 1 heterocycles. The molecule has 1 aromatic heterocycles. The molecule has 1 aliphatic rings. The number of hydrogen-bond acceptors (Lipinski definition) is 2. The van der Waals surface area contributed by atoms with Gasteiger partial charge in [0.15, 0.2) is 0 Å². The van der Waals surface area contributed by atoms with Crippen LogP contribution in [0.1, 0.15) is 31.2 Å². The maximum absolute atomic E-state index is 5.74. The van der Waals surface area contributed by atoms with Crippen molar-refractivity contribution in [2.45, 2.75) is 38.3 Å². The predicted molar refractivity (Wildman–Crippen MR) is 47.9 cm³/mol. The van der Waals surface area contributed by atoms with E-state index in [0.717, 1.165) is 19.4 Å². The number of aryl methyl sites for hydroxylation is 1. The molecule has 0 radical (unpaired) electrons. The zero-order valence-electron chi connectivity index (χ0n) is 7.40. The van der Waals surface area contributed by atoms with Gasteiger partial charge >= 0.3 is 0 Å². The molecule has 0 aromatic carbocycles. The molecule has 0 amide bonds. The van der Waals surface area contributed by atoms with Crippen LogP contribution in [-0.4, -0.2) is 15.8 Å². The van der Waals surface area contributed by atoms with Gasteiger partial charge < -0.3 is 5.73 Å². The minimum absolute atomic E-state index is 0.393. The van der Waals surface area contributed by atoms with Gasteiger partial charge in [-0.25, -0.2) is 0 Å². The van der Waals surface area contributed by atoms with Crippen LogP contribution in [-0.2, 0) is 6.54 Å². The van der Waals surface area contributed by atoms with E-state index in [0.29, 0.717) is 12.0 Å². The van der Waals surface area contributed by atoms with E-state index in [4.69, 9.17) is 5.73 Å². The van der Waals surface area contributed by atoms with Crippen molar-refractivity contribution in [3.8, 4) is 0 Å². The van der Waals surface area contributed by atoms with E-state index in [1.165, 1.54) is 5.56 Å². The summed E-state index contributed by atoms with van der Waals surface area (Å²) in [5, 5.41) is 4.26. The van der Waals surface area contributed by atoms with Gasteiger partial charge in [0.05, 0.1) is 6.20 Å². The third kappa shape index (κ3) is 1.37. The predicted octanol–water partition coefficient (Wildman–Crippen LogP) is 1.11. The van der Waals surface area contributed by atoms with E-state index < -0.39 is 0 Å². The lowest BCUT2D eigenvalue weighted by atomic mass is 10.2. The first kappa shape index (κ1) is 7.80. The second kappa shape index (κ2) is 2.90. The zero-order chi connectivity index (χ0) is 8.55. The van der Waals surface area contributed by atoms with Gasteiger partial charge in [0.2, 0.25) is 0 Å². The average Bonchev–Trinajstić information content (AvgIpc) is 2.62. The third-order valence-corrected chi connectivity index (χ3v) is 2.37. The van der Waals surface area contributed by atoms with Gasteiger partial charge in [-0.05, 0) is 18.4 Å². The maximum atomic E-state index is 5.74. The molecule has 1 aromatic rings. The van der Waals surface area contributed by atoms with Crippen LogP contribution in [0, 0.1) is 0 Å². The average molecular weight is 165 g/mol. The Labute approximate surface area is 72.6 Å². The largest absolute Gasteiger partial charge is 0.327 e. The first-order valence-corrected chi connectivity index (χ1v) is 4.59. The van der Waals surface area contributed by atoms with Gasteiger partial charge in [0.1, 0.15) is 0 Å². The van der Waals surface area contributed by atoms with Crippen molar-refractivity contribution < 1.29 is 0 Å². The molecule has 0 unspecified atom stereocenters. The van der Waals surface area contributed by atoms with Gasteiger partial charge in [-0.2, -0.15) is 5.10 Å². The highest BCUT2D eigenvalue weighted by Crippen LogP contribution is 2.38. The standard InChI is InChI=1S/C9H15N3/c1-2-3-12-6-7(5-11-12)8-4-9(8)10/h5-6,8-9H,2-4,10H2,1H3/t8-,9+/m0/s1. The SMILES string of the molecule is CCCn1cc([C@@H]2C[C@H]2N)cn1. The quantitative estimate of drug-likeness (QED) is 0.729. The summed E-state index contributed by atoms with van der Waals surface area (Å²) < 4.78 is 2.00. The molecule has 1 aliphatic carbocycles. The lowest BCUT2D eigenvalue weighted by molar-refractivity contribution is 0.602. The van der Waals surface area contributed by atoms with Crippen LogP contribution in [0.15, 0.2) is 12.4 Å². The molecule has 0 spiro atoms. The molecule has 2 rings (SSSR count). The van der Waals surface area contributed by atoms with Crippen molar-refractivity contribution in [3.63, 3.8) is 0 Å². The maximum Gasteiger partial charge on any atom is 0.0525 e. The van der Waals surface area contributed by atoms with Crippen molar-refractivity contribution >= 4 is 0 Å². The molecule has 0 bridgehead atoms. The van der Waals surface area contributed by atoms with E-state index in [2.05, 4.69) is 18.2 Å². The van der Waals surface area contributed by atoms with Gasteiger partial charge in [-0.3, -0.25) is 4.68 Å². The molecule has 3 nitrogen and oxygen atoms in total. The first-order valence-electron chi connectivity index (χ1n) is 4.59. The second-order valence-corrected chi connectivity index (χ2v) is 3.54. The van der Waals surface area contributed by atoms with Crippen LogP contribution in [0.4, 0.5) is 0 Å². The Bertz CT molecular complexity index is 266. The topological polar surface area (TPSA) is 43.8 Å². The van der Waals surface area contributed by atoms with Gasteiger partial charge in [0, 0.05) is 24.7 Å². The molecule has 66 valence electrons. The Morgan fingerprint density at radius 1 is 1.75 bits per heavy atom. The van der Waals surface area contributed by atoms with Gasteiger partial charge in [-0.15, -0.1) is 0 Å². The molecule has 1 saturated carbocycles. The summed E-state index contributed by atoms with van der Waals surface area (Å²) in [6.45, 7) is 3.17. The number of hydrogen-bond donors (Lipinski definition) is 1. The number of aromatic nitrogens is 2. The van der Waals surface area contributed by atoms with Crippen molar-refractivity contribution in [3.05, 3.63) is 18.0 Å². The Hall–Kier alpha value is -0.830. The molecule has 0 saturated heterocycles. The minimum atomic E-state index is 0.393.